The van der Waals surface area contributed by atoms with E-state index in [-0.39, 0.29) is 36.2 Å². The quantitative estimate of drug-likeness (QED) is 0.264. The highest BCUT2D eigenvalue weighted by Crippen LogP contribution is 2.21. The third-order valence-electron chi connectivity index (χ3n) is 5.05. The third kappa shape index (κ3) is 6.07. The summed E-state index contributed by atoms with van der Waals surface area (Å²) >= 11 is 0. The molecule has 1 amide bonds. The van der Waals surface area contributed by atoms with Gasteiger partial charge in [0.05, 0.1) is 23.7 Å². The van der Waals surface area contributed by atoms with Gasteiger partial charge in [-0.1, -0.05) is 6.07 Å². The van der Waals surface area contributed by atoms with Crippen molar-refractivity contribution in [1.29, 1.82) is 0 Å². The van der Waals surface area contributed by atoms with Crippen molar-refractivity contribution in [2.75, 3.05) is 5.32 Å². The van der Waals surface area contributed by atoms with Crippen LogP contribution in [0.15, 0.2) is 70.2 Å². The molecule has 4 rings (SSSR count). The molecule has 10 nitrogen and oxygen atoms in total. The summed E-state index contributed by atoms with van der Waals surface area (Å²) in [6.07, 6.45) is 3.68. The van der Waals surface area contributed by atoms with E-state index in [4.69, 9.17) is 9.52 Å². The number of hydrogen-bond donors (Lipinski definition) is 4. The average molecular weight is 498 g/mol. The smallest absolute Gasteiger partial charge is 0.251 e. The molecule has 3 heterocycles. The van der Waals surface area contributed by atoms with Crippen LogP contribution in [0.4, 0.5) is 5.69 Å². The van der Waals surface area contributed by atoms with Gasteiger partial charge in [0.25, 0.3) is 5.91 Å². The summed E-state index contributed by atoms with van der Waals surface area (Å²) in [5, 5.41) is 15.1. The molecule has 3 aromatic heterocycles. The number of furan rings is 1. The molecule has 35 heavy (non-hydrogen) atoms. The van der Waals surface area contributed by atoms with Crippen LogP contribution in [0.25, 0.3) is 5.65 Å². The van der Waals surface area contributed by atoms with Gasteiger partial charge in [-0.05, 0) is 56.3 Å². The fourth-order valence-corrected chi connectivity index (χ4v) is 4.82. The van der Waals surface area contributed by atoms with Crippen LogP contribution in [0.3, 0.4) is 0 Å². The summed E-state index contributed by atoms with van der Waals surface area (Å²) < 4.78 is 35.5. The summed E-state index contributed by atoms with van der Waals surface area (Å²) in [7, 11) is -3.85. The van der Waals surface area contributed by atoms with Gasteiger partial charge in [0.1, 0.15) is 23.8 Å². The van der Waals surface area contributed by atoms with E-state index in [0.29, 0.717) is 22.9 Å². The lowest BCUT2D eigenvalue weighted by Gasteiger charge is -2.14. The average Bonchev–Trinajstić information content (AvgIpc) is 3.46. The van der Waals surface area contributed by atoms with Crippen molar-refractivity contribution in [1.82, 2.24) is 19.4 Å². The van der Waals surface area contributed by atoms with Crippen molar-refractivity contribution in [2.24, 2.45) is 0 Å². The summed E-state index contributed by atoms with van der Waals surface area (Å²) in [5.74, 6) is 0.541. The fraction of sp³-hybridized carbons (Fsp3) is 0.250. The van der Waals surface area contributed by atoms with Crippen molar-refractivity contribution >= 4 is 27.3 Å². The molecule has 0 spiro atoms. The molecular weight excluding hydrogens is 470 g/mol. The molecule has 0 unspecified atom stereocenters. The zero-order valence-corrected chi connectivity index (χ0v) is 20.2. The highest BCUT2D eigenvalue weighted by atomic mass is 32.2. The minimum absolute atomic E-state index is 0.0374. The lowest BCUT2D eigenvalue weighted by Crippen LogP contribution is -2.30. The predicted molar refractivity (Wildman–Crippen MR) is 130 cm³/mol. The SMILES string of the molecule is CC(C)NS(=O)(=O)c1cc(NCc2ccc(CO)o2)cc(C(=O)NCc2cn3ccccc3n2)c1. The number of pyridine rings is 1. The lowest BCUT2D eigenvalue weighted by molar-refractivity contribution is 0.0950. The number of anilines is 1. The molecule has 0 saturated carbocycles. The van der Waals surface area contributed by atoms with Gasteiger partial charge < -0.3 is 24.6 Å². The second kappa shape index (κ2) is 10.3. The van der Waals surface area contributed by atoms with E-state index in [1.165, 1.54) is 12.1 Å². The third-order valence-corrected chi connectivity index (χ3v) is 6.69. The number of sulfonamides is 1. The van der Waals surface area contributed by atoms with Crippen LogP contribution in [-0.4, -0.2) is 34.9 Å². The Kier molecular flexibility index (Phi) is 7.20. The number of imidazole rings is 1. The molecule has 0 aliphatic carbocycles. The predicted octanol–water partition coefficient (Wildman–Crippen LogP) is 2.65. The molecular formula is C24H27N5O5S. The first-order chi connectivity index (χ1) is 16.7. The van der Waals surface area contributed by atoms with Gasteiger partial charge in [-0.3, -0.25) is 4.79 Å². The largest absolute Gasteiger partial charge is 0.462 e. The maximum atomic E-state index is 13.0. The van der Waals surface area contributed by atoms with Crippen molar-refractivity contribution in [3.05, 3.63) is 83.7 Å². The minimum atomic E-state index is -3.85. The van der Waals surface area contributed by atoms with Crippen molar-refractivity contribution in [2.45, 2.75) is 44.5 Å². The van der Waals surface area contributed by atoms with E-state index >= 15 is 0 Å². The summed E-state index contributed by atoms with van der Waals surface area (Å²) in [6, 6.07) is 13.0. The highest BCUT2D eigenvalue weighted by Gasteiger charge is 2.19. The normalized spacial score (nSPS) is 11.8. The summed E-state index contributed by atoms with van der Waals surface area (Å²) in [5.41, 5.74) is 2.04. The van der Waals surface area contributed by atoms with E-state index in [9.17, 15) is 13.2 Å². The molecule has 0 bridgehead atoms. The van der Waals surface area contributed by atoms with E-state index < -0.39 is 15.9 Å². The number of hydrogen-bond acceptors (Lipinski definition) is 7. The number of carbonyl (C=O) groups is 1. The van der Waals surface area contributed by atoms with Crippen LogP contribution in [0.2, 0.25) is 0 Å². The standard InChI is InChI=1S/C24H27N5O5S/c1-16(2)28-35(32,33)22-10-17(9-18(11-22)25-13-20-6-7-21(15-30)34-20)24(31)26-12-19-14-29-8-4-3-5-23(29)27-19/h3-11,14,16,25,28,30H,12-13,15H2,1-2H3,(H,26,31). The molecule has 0 fully saturated rings. The number of nitrogens with one attached hydrogen (secondary N) is 3. The van der Waals surface area contributed by atoms with E-state index in [1.807, 2.05) is 35.0 Å². The Balaban J connectivity index is 1.56. The van der Waals surface area contributed by atoms with Crippen LogP contribution in [-0.2, 0) is 29.7 Å². The number of fused-ring (bicyclic) bond motifs is 1. The topological polar surface area (TPSA) is 138 Å². The molecule has 0 aliphatic rings. The molecule has 0 atom stereocenters. The maximum Gasteiger partial charge on any atom is 0.251 e. The minimum Gasteiger partial charge on any atom is -0.462 e. The monoisotopic (exact) mass is 497 g/mol. The Labute approximate surface area is 203 Å². The Morgan fingerprint density at radius 1 is 1.11 bits per heavy atom. The highest BCUT2D eigenvalue weighted by molar-refractivity contribution is 7.89. The molecule has 11 heteroatoms. The number of nitrogens with zero attached hydrogens (tertiary/aromatic N) is 2. The number of aliphatic hydroxyl groups excluding tert-OH is 1. The number of amides is 1. The number of carbonyl (C=O) groups excluding carboxylic acids is 1. The number of aromatic nitrogens is 2. The van der Waals surface area contributed by atoms with Crippen molar-refractivity contribution < 1.29 is 22.7 Å². The van der Waals surface area contributed by atoms with Crippen molar-refractivity contribution in [3.63, 3.8) is 0 Å². The molecule has 0 radical (unpaired) electrons. The lowest BCUT2D eigenvalue weighted by atomic mass is 10.2. The zero-order chi connectivity index (χ0) is 25.0. The van der Waals surface area contributed by atoms with Crippen LogP contribution >= 0.6 is 0 Å². The van der Waals surface area contributed by atoms with Crippen molar-refractivity contribution in [3.8, 4) is 0 Å². The number of rotatable bonds is 10. The van der Waals surface area contributed by atoms with Crippen LogP contribution < -0.4 is 15.4 Å². The molecule has 0 aliphatic heterocycles. The Hall–Kier alpha value is -3.67. The summed E-state index contributed by atoms with van der Waals surface area (Å²) in [6.45, 7) is 3.64. The maximum absolute atomic E-state index is 13.0. The van der Waals surface area contributed by atoms with Gasteiger partial charge in [0.15, 0.2) is 0 Å². The summed E-state index contributed by atoms with van der Waals surface area (Å²) in [4.78, 5) is 17.4. The van der Waals surface area contributed by atoms with Gasteiger partial charge in [-0.15, -0.1) is 0 Å². The molecule has 184 valence electrons. The Morgan fingerprint density at radius 3 is 2.63 bits per heavy atom. The Morgan fingerprint density at radius 2 is 1.91 bits per heavy atom. The zero-order valence-electron chi connectivity index (χ0n) is 19.4. The van der Waals surface area contributed by atoms with E-state index in [2.05, 4.69) is 20.3 Å². The van der Waals surface area contributed by atoms with Gasteiger partial charge >= 0.3 is 0 Å². The number of benzene rings is 1. The second-order valence-electron chi connectivity index (χ2n) is 8.28. The van der Waals surface area contributed by atoms with Gasteiger partial charge in [0, 0.05) is 29.7 Å². The number of aliphatic hydroxyl groups is 1. The van der Waals surface area contributed by atoms with E-state index in [1.54, 1.807) is 32.0 Å². The fourth-order valence-electron chi connectivity index (χ4n) is 3.50. The second-order valence-corrected chi connectivity index (χ2v) is 10.00. The molecule has 0 saturated heterocycles. The Bertz CT molecular complexity index is 1410. The first-order valence-electron chi connectivity index (χ1n) is 11.0. The van der Waals surface area contributed by atoms with E-state index in [0.717, 1.165) is 5.65 Å². The van der Waals surface area contributed by atoms with Gasteiger partial charge in [-0.2, -0.15) is 0 Å². The van der Waals surface area contributed by atoms with Crippen LogP contribution in [0.5, 0.6) is 0 Å². The molecule has 1 aromatic carbocycles. The van der Waals surface area contributed by atoms with Gasteiger partial charge in [-0.25, -0.2) is 18.1 Å². The first kappa shape index (κ1) is 24.5. The molecule has 4 aromatic rings. The molecule has 4 N–H and O–H groups in total. The first-order valence-corrected chi connectivity index (χ1v) is 12.5. The van der Waals surface area contributed by atoms with Crippen LogP contribution in [0.1, 0.15) is 41.4 Å². The van der Waals surface area contributed by atoms with Crippen LogP contribution in [0, 0.1) is 0 Å². The van der Waals surface area contributed by atoms with Gasteiger partial charge in [0.2, 0.25) is 10.0 Å².